The van der Waals surface area contributed by atoms with Crippen LogP contribution in [-0.2, 0) is 14.3 Å². The van der Waals surface area contributed by atoms with Gasteiger partial charge >= 0.3 is 5.97 Å². The van der Waals surface area contributed by atoms with Crippen LogP contribution in [0.15, 0.2) is 0 Å². The van der Waals surface area contributed by atoms with Crippen LogP contribution < -0.4 is 5.73 Å². The maximum absolute atomic E-state index is 10.4. The van der Waals surface area contributed by atoms with E-state index in [-0.39, 0.29) is 0 Å². The maximum atomic E-state index is 10.4. The van der Waals surface area contributed by atoms with Gasteiger partial charge in [-0.15, -0.1) is 0 Å². The number of carbonyl (C=O) groups is 1. The van der Waals surface area contributed by atoms with Gasteiger partial charge in [-0.25, -0.2) is 0 Å². The van der Waals surface area contributed by atoms with Crippen molar-refractivity contribution < 1.29 is 19.4 Å². The topological polar surface area (TPSA) is 81.8 Å². The Hall–Kier alpha value is -0.650. The lowest BCUT2D eigenvalue weighted by Gasteiger charge is -2.19. The van der Waals surface area contributed by atoms with E-state index in [0.717, 1.165) is 0 Å². The summed E-state index contributed by atoms with van der Waals surface area (Å²) in [5, 5.41) is 8.52. The standard InChI is InChI=1S/C7H15NO4/c1-3-11-7(12-4-2)5(8)6(9)10/h5,7H,3-4,8H2,1-2H3,(H,9,10)/t5-/m1/s1. The fraction of sp³-hybridized carbons (Fsp3) is 0.857. The van der Waals surface area contributed by atoms with Crippen molar-refractivity contribution in [1.29, 1.82) is 0 Å². The zero-order chi connectivity index (χ0) is 9.56. The molecule has 0 aliphatic rings. The quantitative estimate of drug-likeness (QED) is 0.549. The van der Waals surface area contributed by atoms with Gasteiger partial charge in [0.15, 0.2) is 12.3 Å². The van der Waals surface area contributed by atoms with Gasteiger partial charge in [0, 0.05) is 13.2 Å². The Morgan fingerprint density at radius 2 is 1.83 bits per heavy atom. The predicted molar refractivity (Wildman–Crippen MR) is 42.7 cm³/mol. The van der Waals surface area contributed by atoms with Crippen LogP contribution in [0.25, 0.3) is 0 Å². The molecule has 0 rings (SSSR count). The summed E-state index contributed by atoms with van der Waals surface area (Å²) in [7, 11) is 0. The van der Waals surface area contributed by atoms with E-state index in [0.29, 0.717) is 13.2 Å². The first-order valence-corrected chi connectivity index (χ1v) is 3.85. The summed E-state index contributed by atoms with van der Waals surface area (Å²) in [4.78, 5) is 10.4. The number of hydrogen-bond acceptors (Lipinski definition) is 4. The molecular formula is C7H15NO4. The van der Waals surface area contributed by atoms with Gasteiger partial charge in [0.2, 0.25) is 0 Å². The van der Waals surface area contributed by atoms with Crippen LogP contribution in [0.5, 0.6) is 0 Å². The summed E-state index contributed by atoms with van der Waals surface area (Å²) in [6.07, 6.45) is -0.850. The molecule has 12 heavy (non-hydrogen) atoms. The Kier molecular flexibility index (Phi) is 5.61. The van der Waals surface area contributed by atoms with Gasteiger partial charge < -0.3 is 20.3 Å². The smallest absolute Gasteiger partial charge is 0.325 e. The number of rotatable bonds is 6. The predicted octanol–water partition coefficient (Wildman–Crippen LogP) is -0.203. The minimum absolute atomic E-state index is 0.381. The second kappa shape index (κ2) is 5.93. The van der Waals surface area contributed by atoms with E-state index in [4.69, 9.17) is 20.3 Å². The van der Waals surface area contributed by atoms with Gasteiger partial charge in [0.1, 0.15) is 0 Å². The van der Waals surface area contributed by atoms with Crippen LogP contribution >= 0.6 is 0 Å². The Morgan fingerprint density at radius 3 is 2.08 bits per heavy atom. The minimum Gasteiger partial charge on any atom is -0.480 e. The number of carboxylic acid groups (broad SMARTS) is 1. The molecule has 0 saturated carbocycles. The first-order chi connectivity index (χ1) is 5.63. The molecule has 0 aromatic carbocycles. The van der Waals surface area contributed by atoms with Crippen LogP contribution in [0.2, 0.25) is 0 Å². The fourth-order valence-corrected chi connectivity index (χ4v) is 0.700. The fourth-order valence-electron chi connectivity index (χ4n) is 0.700. The zero-order valence-electron chi connectivity index (χ0n) is 7.32. The van der Waals surface area contributed by atoms with Crippen molar-refractivity contribution in [2.24, 2.45) is 5.73 Å². The molecule has 0 amide bonds. The van der Waals surface area contributed by atoms with Crippen molar-refractivity contribution in [2.75, 3.05) is 13.2 Å². The van der Waals surface area contributed by atoms with Crippen LogP contribution in [0.4, 0.5) is 0 Å². The highest BCUT2D eigenvalue weighted by atomic mass is 16.7. The van der Waals surface area contributed by atoms with Crippen molar-refractivity contribution >= 4 is 5.97 Å². The molecule has 5 nitrogen and oxygen atoms in total. The van der Waals surface area contributed by atoms with Crippen molar-refractivity contribution in [3.63, 3.8) is 0 Å². The van der Waals surface area contributed by atoms with Crippen LogP contribution in [-0.4, -0.2) is 36.6 Å². The molecule has 5 heteroatoms. The molecule has 0 aromatic rings. The van der Waals surface area contributed by atoms with Crippen LogP contribution in [0.3, 0.4) is 0 Å². The Morgan fingerprint density at radius 1 is 1.42 bits per heavy atom. The summed E-state index contributed by atoms with van der Waals surface area (Å²) in [6, 6.07) is -1.12. The number of nitrogens with two attached hydrogens (primary N) is 1. The van der Waals surface area contributed by atoms with Crippen LogP contribution in [0, 0.1) is 0 Å². The number of aliphatic carboxylic acids is 1. The Labute approximate surface area is 71.5 Å². The van der Waals surface area contributed by atoms with Crippen molar-refractivity contribution in [3.05, 3.63) is 0 Å². The summed E-state index contributed by atoms with van der Waals surface area (Å²) < 4.78 is 9.95. The molecule has 0 unspecified atom stereocenters. The van der Waals surface area contributed by atoms with E-state index in [1.807, 2.05) is 0 Å². The van der Waals surface area contributed by atoms with Gasteiger partial charge in [-0.1, -0.05) is 0 Å². The van der Waals surface area contributed by atoms with Crippen LogP contribution in [0.1, 0.15) is 13.8 Å². The molecular weight excluding hydrogens is 162 g/mol. The van der Waals surface area contributed by atoms with E-state index in [1.165, 1.54) is 0 Å². The molecule has 0 bridgehead atoms. The highest BCUT2D eigenvalue weighted by molar-refractivity contribution is 5.73. The second-order valence-electron chi connectivity index (χ2n) is 2.14. The van der Waals surface area contributed by atoms with E-state index < -0.39 is 18.3 Å². The van der Waals surface area contributed by atoms with Gasteiger partial charge in [-0.05, 0) is 13.8 Å². The largest absolute Gasteiger partial charge is 0.480 e. The van der Waals surface area contributed by atoms with Crippen molar-refractivity contribution in [3.8, 4) is 0 Å². The number of hydrogen-bond donors (Lipinski definition) is 2. The lowest BCUT2D eigenvalue weighted by Crippen LogP contribution is -2.44. The lowest BCUT2D eigenvalue weighted by molar-refractivity contribution is -0.170. The van der Waals surface area contributed by atoms with E-state index in [2.05, 4.69) is 0 Å². The summed E-state index contributed by atoms with van der Waals surface area (Å²) in [5.41, 5.74) is 5.28. The van der Waals surface area contributed by atoms with Crippen molar-refractivity contribution in [2.45, 2.75) is 26.2 Å². The third-order valence-corrected chi connectivity index (χ3v) is 1.24. The summed E-state index contributed by atoms with van der Waals surface area (Å²) >= 11 is 0. The lowest BCUT2D eigenvalue weighted by atomic mass is 10.3. The number of carboxylic acids is 1. The van der Waals surface area contributed by atoms with E-state index in [9.17, 15) is 4.79 Å². The Balaban J connectivity index is 3.98. The van der Waals surface area contributed by atoms with E-state index >= 15 is 0 Å². The molecule has 3 N–H and O–H groups in total. The summed E-state index contributed by atoms with van der Waals surface area (Å²) in [6.45, 7) is 4.26. The molecule has 0 heterocycles. The van der Waals surface area contributed by atoms with E-state index in [1.54, 1.807) is 13.8 Å². The van der Waals surface area contributed by atoms with Gasteiger partial charge in [0.25, 0.3) is 0 Å². The average Bonchev–Trinajstić information content (AvgIpc) is 2.03. The third-order valence-electron chi connectivity index (χ3n) is 1.24. The first-order valence-electron chi connectivity index (χ1n) is 3.85. The molecule has 0 spiro atoms. The average molecular weight is 177 g/mol. The van der Waals surface area contributed by atoms with Gasteiger partial charge in [-0.3, -0.25) is 4.79 Å². The molecule has 1 atom stereocenters. The molecule has 0 radical (unpaired) electrons. The maximum Gasteiger partial charge on any atom is 0.325 e. The van der Waals surface area contributed by atoms with Gasteiger partial charge in [-0.2, -0.15) is 0 Å². The zero-order valence-corrected chi connectivity index (χ0v) is 7.32. The molecule has 72 valence electrons. The highest BCUT2D eigenvalue weighted by Crippen LogP contribution is 1.99. The minimum atomic E-state index is -1.12. The molecule has 0 saturated heterocycles. The normalized spacial score (nSPS) is 13.3. The van der Waals surface area contributed by atoms with Crippen molar-refractivity contribution in [1.82, 2.24) is 0 Å². The summed E-state index contributed by atoms with van der Waals surface area (Å²) in [5.74, 6) is -1.12. The molecule has 0 aliphatic carbocycles. The third kappa shape index (κ3) is 3.66. The number of ether oxygens (including phenoxy) is 2. The second-order valence-corrected chi connectivity index (χ2v) is 2.14. The molecule has 0 aliphatic heterocycles. The molecule has 0 aromatic heterocycles. The Bertz CT molecular complexity index is 133. The van der Waals surface area contributed by atoms with Gasteiger partial charge in [0.05, 0.1) is 0 Å². The highest BCUT2D eigenvalue weighted by Gasteiger charge is 2.24. The monoisotopic (exact) mass is 177 g/mol. The molecule has 0 fully saturated rings. The SMILES string of the molecule is CCOC(OCC)[C@H](N)C(=O)O. The first kappa shape index (κ1) is 11.4.